The molecule has 0 aromatic rings. The summed E-state index contributed by atoms with van der Waals surface area (Å²) in [6.45, 7) is 2.23. The Balaban J connectivity index is 2.67. The predicted octanol–water partition coefficient (Wildman–Crippen LogP) is -0.497. The molecule has 0 saturated carbocycles. The molecule has 0 amide bonds. The van der Waals surface area contributed by atoms with Gasteiger partial charge in [-0.15, -0.1) is 0 Å². The lowest BCUT2D eigenvalue weighted by Gasteiger charge is -2.09. The van der Waals surface area contributed by atoms with Crippen LogP contribution in [0, 0.1) is 0 Å². The summed E-state index contributed by atoms with van der Waals surface area (Å²) in [7, 11) is -6.55. The standard InChI is InChI=1S/C7H15NO4S2/c1-2-4-8-14(11,12)7-3-5-13(9,10)6-7/h7-8H,2-6H2,1H3. The molecule has 1 unspecified atom stereocenters. The Labute approximate surface area is 84.9 Å². The van der Waals surface area contributed by atoms with E-state index in [9.17, 15) is 16.8 Å². The topological polar surface area (TPSA) is 80.3 Å². The minimum Gasteiger partial charge on any atom is -0.229 e. The fourth-order valence-electron chi connectivity index (χ4n) is 1.37. The molecule has 1 aliphatic heterocycles. The molecule has 14 heavy (non-hydrogen) atoms. The maximum Gasteiger partial charge on any atom is 0.215 e. The van der Waals surface area contributed by atoms with E-state index in [1.165, 1.54) is 0 Å². The first-order chi connectivity index (χ1) is 6.37. The number of hydrogen-bond donors (Lipinski definition) is 1. The van der Waals surface area contributed by atoms with Crippen molar-refractivity contribution >= 4 is 19.9 Å². The van der Waals surface area contributed by atoms with Gasteiger partial charge in [0.25, 0.3) is 0 Å². The van der Waals surface area contributed by atoms with Gasteiger partial charge < -0.3 is 0 Å². The predicted molar refractivity (Wildman–Crippen MR) is 54.3 cm³/mol. The molecule has 0 bridgehead atoms. The number of sulfone groups is 1. The molecule has 1 atom stereocenters. The van der Waals surface area contributed by atoms with Crippen LogP contribution in [-0.2, 0) is 19.9 Å². The Morgan fingerprint density at radius 1 is 1.43 bits per heavy atom. The van der Waals surface area contributed by atoms with Crippen molar-refractivity contribution in [3.63, 3.8) is 0 Å². The summed E-state index contributed by atoms with van der Waals surface area (Å²) < 4.78 is 47.5. The molecular formula is C7H15NO4S2. The largest absolute Gasteiger partial charge is 0.229 e. The normalized spacial score (nSPS) is 26.5. The molecule has 0 radical (unpaired) electrons. The monoisotopic (exact) mass is 241 g/mol. The molecule has 84 valence electrons. The van der Waals surface area contributed by atoms with Crippen LogP contribution in [0.4, 0.5) is 0 Å². The number of hydrogen-bond acceptors (Lipinski definition) is 4. The maximum atomic E-state index is 11.5. The average molecular weight is 241 g/mol. The van der Waals surface area contributed by atoms with Gasteiger partial charge in [0.05, 0.1) is 16.8 Å². The van der Waals surface area contributed by atoms with E-state index >= 15 is 0 Å². The van der Waals surface area contributed by atoms with Crippen molar-refractivity contribution in [2.45, 2.75) is 25.0 Å². The van der Waals surface area contributed by atoms with E-state index in [0.717, 1.165) is 0 Å². The highest BCUT2D eigenvalue weighted by atomic mass is 32.2. The van der Waals surface area contributed by atoms with E-state index in [2.05, 4.69) is 4.72 Å². The zero-order chi connectivity index (χ0) is 10.8. The molecule has 5 nitrogen and oxygen atoms in total. The van der Waals surface area contributed by atoms with E-state index in [0.29, 0.717) is 13.0 Å². The van der Waals surface area contributed by atoms with Gasteiger partial charge in [-0.25, -0.2) is 21.6 Å². The van der Waals surface area contributed by atoms with Crippen molar-refractivity contribution in [3.05, 3.63) is 0 Å². The van der Waals surface area contributed by atoms with Gasteiger partial charge in [0.1, 0.15) is 0 Å². The minimum absolute atomic E-state index is 0.00922. The zero-order valence-electron chi connectivity index (χ0n) is 8.06. The van der Waals surface area contributed by atoms with Gasteiger partial charge in [-0.3, -0.25) is 0 Å². The van der Waals surface area contributed by atoms with Crippen LogP contribution >= 0.6 is 0 Å². The van der Waals surface area contributed by atoms with Gasteiger partial charge in [-0.05, 0) is 12.8 Å². The Kier molecular flexibility index (Phi) is 3.54. The zero-order valence-corrected chi connectivity index (χ0v) is 9.70. The average Bonchev–Trinajstić information content (AvgIpc) is 2.43. The molecule has 1 fully saturated rings. The maximum absolute atomic E-state index is 11.5. The Hall–Kier alpha value is -0.140. The summed E-state index contributed by atoms with van der Waals surface area (Å²) >= 11 is 0. The van der Waals surface area contributed by atoms with Crippen LogP contribution in [0.5, 0.6) is 0 Å². The van der Waals surface area contributed by atoms with Gasteiger partial charge in [-0.2, -0.15) is 0 Å². The molecule has 0 spiro atoms. The van der Waals surface area contributed by atoms with E-state index in [4.69, 9.17) is 0 Å². The smallest absolute Gasteiger partial charge is 0.215 e. The van der Waals surface area contributed by atoms with Crippen molar-refractivity contribution in [1.82, 2.24) is 4.72 Å². The quantitative estimate of drug-likeness (QED) is 0.719. The van der Waals surface area contributed by atoms with Gasteiger partial charge in [-0.1, -0.05) is 6.92 Å². The highest BCUT2D eigenvalue weighted by molar-refractivity contribution is 7.95. The van der Waals surface area contributed by atoms with Crippen LogP contribution in [0.15, 0.2) is 0 Å². The van der Waals surface area contributed by atoms with E-state index in [1.54, 1.807) is 0 Å². The summed E-state index contributed by atoms with van der Waals surface area (Å²) in [6.07, 6.45) is 0.931. The highest BCUT2D eigenvalue weighted by Gasteiger charge is 2.36. The fourth-order valence-corrected chi connectivity index (χ4v) is 5.55. The number of nitrogens with one attached hydrogen (secondary N) is 1. The molecule has 1 rings (SSSR count). The van der Waals surface area contributed by atoms with Gasteiger partial charge in [0.2, 0.25) is 10.0 Å². The second kappa shape index (κ2) is 4.16. The molecule has 1 aliphatic rings. The van der Waals surface area contributed by atoms with Crippen molar-refractivity contribution in [3.8, 4) is 0 Å². The SMILES string of the molecule is CCCNS(=O)(=O)C1CCS(=O)(=O)C1. The highest BCUT2D eigenvalue weighted by Crippen LogP contribution is 2.17. The van der Waals surface area contributed by atoms with E-state index < -0.39 is 25.1 Å². The third-order valence-electron chi connectivity index (χ3n) is 2.18. The van der Waals surface area contributed by atoms with Crippen LogP contribution < -0.4 is 4.72 Å². The van der Waals surface area contributed by atoms with Crippen LogP contribution in [0.3, 0.4) is 0 Å². The molecule has 0 aromatic heterocycles. The van der Waals surface area contributed by atoms with Crippen molar-refractivity contribution in [2.75, 3.05) is 18.1 Å². The van der Waals surface area contributed by atoms with Gasteiger partial charge in [0, 0.05) is 6.54 Å². The molecule has 1 N–H and O–H groups in total. The summed E-state index contributed by atoms with van der Waals surface area (Å²) in [4.78, 5) is 0. The second-order valence-electron chi connectivity index (χ2n) is 3.46. The summed E-state index contributed by atoms with van der Waals surface area (Å²) in [5, 5.41) is -0.751. The summed E-state index contributed by atoms with van der Waals surface area (Å²) in [6, 6.07) is 0. The molecule has 1 saturated heterocycles. The van der Waals surface area contributed by atoms with E-state index in [-0.39, 0.29) is 17.9 Å². The first kappa shape index (κ1) is 11.9. The molecular weight excluding hydrogens is 226 g/mol. The fraction of sp³-hybridized carbons (Fsp3) is 1.00. The van der Waals surface area contributed by atoms with Crippen LogP contribution in [-0.4, -0.2) is 40.1 Å². The molecule has 7 heteroatoms. The van der Waals surface area contributed by atoms with Crippen molar-refractivity contribution in [2.24, 2.45) is 0 Å². The lowest BCUT2D eigenvalue weighted by atomic mass is 10.4. The molecule has 0 aromatic carbocycles. The minimum atomic E-state index is -3.42. The first-order valence-electron chi connectivity index (χ1n) is 4.56. The number of rotatable bonds is 4. The lowest BCUT2D eigenvalue weighted by molar-refractivity contribution is 0.567. The third kappa shape index (κ3) is 2.93. The first-order valence-corrected chi connectivity index (χ1v) is 7.93. The summed E-state index contributed by atoms with van der Waals surface area (Å²) in [5.74, 6) is -0.239. The van der Waals surface area contributed by atoms with E-state index in [1.807, 2.05) is 6.92 Å². The van der Waals surface area contributed by atoms with Crippen molar-refractivity contribution < 1.29 is 16.8 Å². The van der Waals surface area contributed by atoms with Crippen LogP contribution in [0.1, 0.15) is 19.8 Å². The van der Waals surface area contributed by atoms with Crippen LogP contribution in [0.25, 0.3) is 0 Å². The lowest BCUT2D eigenvalue weighted by Crippen LogP contribution is -2.35. The summed E-state index contributed by atoms with van der Waals surface area (Å²) in [5.41, 5.74) is 0. The Morgan fingerprint density at radius 2 is 2.07 bits per heavy atom. The molecule has 1 heterocycles. The van der Waals surface area contributed by atoms with Crippen molar-refractivity contribution in [1.29, 1.82) is 0 Å². The van der Waals surface area contributed by atoms with Gasteiger partial charge >= 0.3 is 0 Å². The molecule has 0 aliphatic carbocycles. The second-order valence-corrected chi connectivity index (χ2v) is 7.74. The Bertz CT molecular complexity index is 384. The van der Waals surface area contributed by atoms with Gasteiger partial charge in [0.15, 0.2) is 9.84 Å². The Morgan fingerprint density at radius 3 is 2.50 bits per heavy atom. The number of sulfonamides is 1. The van der Waals surface area contributed by atoms with Crippen LogP contribution in [0.2, 0.25) is 0 Å². The third-order valence-corrected chi connectivity index (χ3v) is 6.05.